The van der Waals surface area contributed by atoms with Crippen LogP contribution in [0.4, 0.5) is 5.69 Å². The summed E-state index contributed by atoms with van der Waals surface area (Å²) in [5.41, 5.74) is 6.20. The van der Waals surface area contributed by atoms with Crippen LogP contribution in [0.15, 0.2) is 30.5 Å². The number of thiophene rings is 1. The number of benzene rings is 1. The molecule has 3 aliphatic heterocycles. The molecule has 1 aromatic carbocycles. The number of nitrogens with zero attached hydrogens (tertiary/aromatic N) is 3. The number of imide groups is 1. The predicted octanol–water partition coefficient (Wildman–Crippen LogP) is 5.30. The molecule has 1 saturated carbocycles. The highest BCUT2D eigenvalue weighted by atomic mass is 35.5. The predicted molar refractivity (Wildman–Crippen MR) is 144 cm³/mol. The number of pyridine rings is 1. The van der Waals surface area contributed by atoms with Crippen LogP contribution in [0.25, 0.3) is 21.3 Å². The lowest BCUT2D eigenvalue weighted by Crippen LogP contribution is -2.46. The number of rotatable bonds is 4. The average molecular weight is 521 g/mol. The topological polar surface area (TPSA) is 65.5 Å². The summed E-state index contributed by atoms with van der Waals surface area (Å²) < 4.78 is 1.08. The van der Waals surface area contributed by atoms with Crippen molar-refractivity contribution in [3.8, 4) is 11.1 Å². The number of hydrogen-bond acceptors (Lipinski definition) is 6. The van der Waals surface area contributed by atoms with E-state index in [-0.39, 0.29) is 11.8 Å². The zero-order valence-corrected chi connectivity index (χ0v) is 21.8. The van der Waals surface area contributed by atoms with Crippen LogP contribution in [0, 0.1) is 0 Å². The lowest BCUT2D eigenvalue weighted by atomic mass is 9.75. The van der Waals surface area contributed by atoms with E-state index in [0.29, 0.717) is 31.0 Å². The van der Waals surface area contributed by atoms with Crippen molar-refractivity contribution in [2.45, 2.75) is 69.5 Å². The minimum absolute atomic E-state index is 0.0837. The van der Waals surface area contributed by atoms with Crippen molar-refractivity contribution in [1.82, 2.24) is 15.2 Å². The van der Waals surface area contributed by atoms with Gasteiger partial charge in [-0.15, -0.1) is 11.3 Å². The number of aryl methyl sites for hydroxylation is 1. The summed E-state index contributed by atoms with van der Waals surface area (Å²) in [7, 11) is 0. The lowest BCUT2D eigenvalue weighted by Gasteiger charge is -2.41. The SMILES string of the molecule is O=C1CCC(=O)N1Cc1cc2nccc(-c3cc(Cl)cc4c3N([C@H]3CNC5(CCC5)C3)CCC4)c2s1. The lowest BCUT2D eigenvalue weighted by molar-refractivity contribution is -0.138. The Morgan fingerprint density at radius 3 is 2.67 bits per heavy atom. The Balaban J connectivity index is 1.30. The van der Waals surface area contributed by atoms with E-state index in [9.17, 15) is 9.59 Å². The van der Waals surface area contributed by atoms with Crippen molar-refractivity contribution in [3.05, 3.63) is 45.9 Å². The molecule has 1 aliphatic carbocycles. The number of anilines is 1. The van der Waals surface area contributed by atoms with Gasteiger partial charge in [-0.05, 0) is 68.4 Å². The van der Waals surface area contributed by atoms with Gasteiger partial charge in [0.15, 0.2) is 0 Å². The number of nitrogens with one attached hydrogen (secondary N) is 1. The van der Waals surface area contributed by atoms with Gasteiger partial charge >= 0.3 is 0 Å². The van der Waals surface area contributed by atoms with Crippen molar-refractivity contribution < 1.29 is 9.59 Å². The Morgan fingerprint density at radius 1 is 1.08 bits per heavy atom. The maximum atomic E-state index is 12.2. The molecule has 36 heavy (non-hydrogen) atoms. The van der Waals surface area contributed by atoms with Gasteiger partial charge in [-0.25, -0.2) is 0 Å². The molecule has 2 aromatic heterocycles. The van der Waals surface area contributed by atoms with Gasteiger partial charge in [-0.1, -0.05) is 11.6 Å². The second-order valence-electron chi connectivity index (χ2n) is 10.8. The fourth-order valence-electron chi connectivity index (χ4n) is 6.67. The van der Waals surface area contributed by atoms with E-state index in [2.05, 4.69) is 33.4 Å². The molecule has 186 valence electrons. The Hall–Kier alpha value is -2.48. The number of amides is 2. The largest absolute Gasteiger partial charge is 0.366 e. The standard InChI is InChI=1S/C28H29ClN4O2S/c29-18-11-17-3-1-10-32(19-14-28(31-15-19)7-2-8-28)26(17)22(12-18)21-6-9-30-23-13-20(36-27(21)23)16-33-24(34)4-5-25(33)35/h6,9,11-13,19,31H,1-5,7-8,10,14-16H2/t19-/m1/s1. The zero-order valence-electron chi connectivity index (χ0n) is 20.2. The van der Waals surface area contributed by atoms with Crippen LogP contribution in [-0.2, 0) is 22.6 Å². The van der Waals surface area contributed by atoms with Crippen LogP contribution in [-0.4, -0.2) is 46.4 Å². The highest BCUT2D eigenvalue weighted by Crippen LogP contribution is 2.47. The molecule has 2 saturated heterocycles. The average Bonchev–Trinajstić information content (AvgIpc) is 3.56. The van der Waals surface area contributed by atoms with Gasteiger partial charge in [0.25, 0.3) is 0 Å². The quantitative estimate of drug-likeness (QED) is 0.473. The molecule has 0 bridgehead atoms. The van der Waals surface area contributed by atoms with Crippen LogP contribution < -0.4 is 10.2 Å². The third-order valence-corrected chi connectivity index (χ3v) is 9.96. The Kier molecular flexibility index (Phi) is 5.38. The van der Waals surface area contributed by atoms with E-state index in [1.54, 1.807) is 11.3 Å². The normalized spacial score (nSPS) is 23.1. The first-order valence-electron chi connectivity index (χ1n) is 13.0. The Morgan fingerprint density at radius 2 is 1.92 bits per heavy atom. The van der Waals surface area contributed by atoms with Crippen molar-refractivity contribution in [3.63, 3.8) is 0 Å². The van der Waals surface area contributed by atoms with Crippen LogP contribution in [0.5, 0.6) is 0 Å². The van der Waals surface area contributed by atoms with E-state index in [1.807, 2.05) is 12.3 Å². The van der Waals surface area contributed by atoms with Gasteiger partial charge in [0.2, 0.25) is 11.8 Å². The summed E-state index contributed by atoms with van der Waals surface area (Å²) in [4.78, 5) is 34.0. The summed E-state index contributed by atoms with van der Waals surface area (Å²) in [5.74, 6) is -0.167. The second kappa shape index (κ2) is 8.54. The van der Waals surface area contributed by atoms with Crippen LogP contribution in [0.3, 0.4) is 0 Å². The maximum absolute atomic E-state index is 12.2. The van der Waals surface area contributed by atoms with Gasteiger partial charge in [-0.2, -0.15) is 0 Å². The first-order valence-corrected chi connectivity index (χ1v) is 14.2. The third kappa shape index (κ3) is 3.66. The zero-order chi connectivity index (χ0) is 24.4. The number of carbonyl (C=O) groups is 2. The van der Waals surface area contributed by atoms with Crippen molar-refractivity contribution in [2.24, 2.45) is 0 Å². The highest BCUT2D eigenvalue weighted by Gasteiger charge is 2.45. The molecule has 3 fully saturated rings. The third-order valence-electron chi connectivity index (χ3n) is 8.60. The van der Waals surface area contributed by atoms with E-state index >= 15 is 0 Å². The number of likely N-dealkylation sites (tertiary alicyclic amines) is 1. The molecule has 1 spiro atoms. The highest BCUT2D eigenvalue weighted by molar-refractivity contribution is 7.19. The van der Waals surface area contributed by atoms with Crippen molar-refractivity contribution >= 4 is 50.7 Å². The fraction of sp³-hybridized carbons (Fsp3) is 0.464. The number of fused-ring (bicyclic) bond motifs is 2. The molecule has 7 rings (SSSR count). The molecule has 3 aromatic rings. The molecule has 2 amide bonds. The van der Waals surface area contributed by atoms with E-state index in [1.165, 1.54) is 47.4 Å². The monoisotopic (exact) mass is 520 g/mol. The first kappa shape index (κ1) is 22.7. The molecule has 5 heterocycles. The number of halogens is 1. The Labute approximate surface area is 219 Å². The summed E-state index contributed by atoms with van der Waals surface area (Å²) in [6.45, 7) is 2.43. The molecule has 4 aliphatic rings. The van der Waals surface area contributed by atoms with Gasteiger partial charge in [-0.3, -0.25) is 19.5 Å². The molecular formula is C28H29ClN4O2S. The summed E-state index contributed by atoms with van der Waals surface area (Å²) in [6.07, 6.45) is 9.80. The molecule has 0 radical (unpaired) electrons. The van der Waals surface area contributed by atoms with E-state index in [4.69, 9.17) is 11.6 Å². The molecule has 1 atom stereocenters. The minimum Gasteiger partial charge on any atom is -0.366 e. The number of carbonyl (C=O) groups excluding carboxylic acids is 2. The first-order chi connectivity index (χ1) is 17.5. The van der Waals surface area contributed by atoms with Gasteiger partial charge in [0, 0.05) is 70.4 Å². The Bertz CT molecular complexity index is 1380. The van der Waals surface area contributed by atoms with Crippen LogP contribution in [0.2, 0.25) is 5.02 Å². The summed E-state index contributed by atoms with van der Waals surface area (Å²) in [6, 6.07) is 8.87. The fourth-order valence-corrected chi connectivity index (χ4v) is 8.05. The molecule has 6 nitrogen and oxygen atoms in total. The maximum Gasteiger partial charge on any atom is 0.230 e. The summed E-state index contributed by atoms with van der Waals surface area (Å²) >= 11 is 8.32. The van der Waals surface area contributed by atoms with Gasteiger partial charge in [0.1, 0.15) is 0 Å². The van der Waals surface area contributed by atoms with E-state index in [0.717, 1.165) is 51.6 Å². The molecule has 0 unspecified atom stereocenters. The smallest absolute Gasteiger partial charge is 0.230 e. The second-order valence-corrected chi connectivity index (χ2v) is 12.4. The summed E-state index contributed by atoms with van der Waals surface area (Å²) in [5, 5.41) is 4.62. The number of aromatic nitrogens is 1. The van der Waals surface area contributed by atoms with Crippen molar-refractivity contribution in [1.29, 1.82) is 0 Å². The van der Waals surface area contributed by atoms with Crippen molar-refractivity contribution in [2.75, 3.05) is 18.0 Å². The van der Waals surface area contributed by atoms with Gasteiger partial charge in [0.05, 0.1) is 16.8 Å². The minimum atomic E-state index is -0.0837. The van der Waals surface area contributed by atoms with Crippen LogP contribution >= 0.6 is 22.9 Å². The van der Waals surface area contributed by atoms with E-state index < -0.39 is 0 Å². The molecule has 1 N–H and O–H groups in total. The van der Waals surface area contributed by atoms with Gasteiger partial charge < -0.3 is 10.2 Å². The molecule has 8 heteroatoms. The number of hydrogen-bond donors (Lipinski definition) is 1. The molecular weight excluding hydrogens is 492 g/mol. The van der Waals surface area contributed by atoms with Crippen LogP contribution in [0.1, 0.15) is 55.4 Å².